The van der Waals surface area contributed by atoms with Gasteiger partial charge in [0.2, 0.25) is 5.91 Å². The molecule has 3 rings (SSSR count). The Labute approximate surface area is 132 Å². The van der Waals surface area contributed by atoms with Crippen molar-refractivity contribution in [2.24, 2.45) is 0 Å². The number of aromatic carboxylic acids is 1. The number of amides is 1. The van der Waals surface area contributed by atoms with E-state index in [1.165, 1.54) is 6.07 Å². The zero-order valence-electron chi connectivity index (χ0n) is 12.2. The second kappa shape index (κ2) is 6.27. The van der Waals surface area contributed by atoms with E-state index in [0.29, 0.717) is 11.3 Å². The average Bonchev–Trinajstić information content (AvgIpc) is 2.55. The monoisotopic (exact) mass is 306 g/mol. The predicted molar refractivity (Wildman–Crippen MR) is 87.5 cm³/mol. The molecule has 2 N–H and O–H groups in total. The Kier molecular flexibility index (Phi) is 4.01. The lowest BCUT2D eigenvalue weighted by molar-refractivity contribution is -0.115. The SMILES string of the molecule is O=C(Cc1ccccc1C(=O)O)Nc1ccc2cccnc2c1. The molecule has 0 unspecified atom stereocenters. The van der Waals surface area contributed by atoms with Gasteiger partial charge in [-0.3, -0.25) is 9.78 Å². The van der Waals surface area contributed by atoms with Gasteiger partial charge in [-0.15, -0.1) is 0 Å². The molecule has 0 fully saturated rings. The molecule has 1 aromatic heterocycles. The molecular weight excluding hydrogens is 292 g/mol. The fourth-order valence-electron chi connectivity index (χ4n) is 2.41. The molecule has 1 heterocycles. The number of carboxylic acid groups (broad SMARTS) is 1. The summed E-state index contributed by atoms with van der Waals surface area (Å²) in [6, 6.07) is 15.7. The number of benzene rings is 2. The number of hydrogen-bond acceptors (Lipinski definition) is 3. The van der Waals surface area contributed by atoms with E-state index in [0.717, 1.165) is 10.9 Å². The molecule has 0 atom stereocenters. The van der Waals surface area contributed by atoms with Crippen LogP contribution in [0.1, 0.15) is 15.9 Å². The summed E-state index contributed by atoms with van der Waals surface area (Å²) in [7, 11) is 0. The molecule has 0 bridgehead atoms. The zero-order chi connectivity index (χ0) is 16.2. The Balaban J connectivity index is 1.77. The fourth-order valence-corrected chi connectivity index (χ4v) is 2.41. The Morgan fingerprint density at radius 2 is 1.87 bits per heavy atom. The van der Waals surface area contributed by atoms with Crippen LogP contribution in [0.2, 0.25) is 0 Å². The molecule has 1 amide bonds. The number of fused-ring (bicyclic) bond motifs is 1. The summed E-state index contributed by atoms with van der Waals surface area (Å²) in [4.78, 5) is 27.6. The second-order valence-corrected chi connectivity index (χ2v) is 5.10. The highest BCUT2D eigenvalue weighted by Crippen LogP contribution is 2.17. The number of carbonyl (C=O) groups is 2. The van der Waals surface area contributed by atoms with Gasteiger partial charge in [-0.1, -0.05) is 30.3 Å². The van der Waals surface area contributed by atoms with Gasteiger partial charge in [0.05, 0.1) is 17.5 Å². The van der Waals surface area contributed by atoms with Crippen LogP contribution in [0.3, 0.4) is 0 Å². The van der Waals surface area contributed by atoms with E-state index in [9.17, 15) is 9.59 Å². The molecule has 0 aliphatic heterocycles. The fraction of sp³-hybridized carbons (Fsp3) is 0.0556. The number of anilines is 1. The van der Waals surface area contributed by atoms with Crippen molar-refractivity contribution in [2.75, 3.05) is 5.32 Å². The molecule has 0 aliphatic carbocycles. The van der Waals surface area contributed by atoms with Gasteiger partial charge in [-0.2, -0.15) is 0 Å². The van der Waals surface area contributed by atoms with Crippen LogP contribution in [0.4, 0.5) is 5.69 Å². The van der Waals surface area contributed by atoms with Crippen molar-refractivity contribution in [3.63, 3.8) is 0 Å². The first-order valence-electron chi connectivity index (χ1n) is 7.09. The summed E-state index contributed by atoms with van der Waals surface area (Å²) in [6.07, 6.45) is 1.69. The average molecular weight is 306 g/mol. The number of hydrogen-bond donors (Lipinski definition) is 2. The van der Waals surface area contributed by atoms with Crippen LogP contribution in [0, 0.1) is 0 Å². The topological polar surface area (TPSA) is 79.3 Å². The van der Waals surface area contributed by atoms with Crippen molar-refractivity contribution in [3.05, 3.63) is 71.9 Å². The van der Waals surface area contributed by atoms with E-state index in [2.05, 4.69) is 10.3 Å². The normalized spacial score (nSPS) is 10.4. The van der Waals surface area contributed by atoms with Crippen LogP contribution in [0.5, 0.6) is 0 Å². The number of pyridine rings is 1. The summed E-state index contributed by atoms with van der Waals surface area (Å²) in [5.41, 5.74) is 2.05. The lowest BCUT2D eigenvalue weighted by atomic mass is 10.0. The maximum atomic E-state index is 12.2. The third-order valence-corrected chi connectivity index (χ3v) is 3.49. The third-order valence-electron chi connectivity index (χ3n) is 3.49. The summed E-state index contributed by atoms with van der Waals surface area (Å²) >= 11 is 0. The smallest absolute Gasteiger partial charge is 0.335 e. The highest BCUT2D eigenvalue weighted by atomic mass is 16.4. The number of carboxylic acids is 1. The molecule has 0 saturated carbocycles. The first-order chi connectivity index (χ1) is 11.1. The van der Waals surface area contributed by atoms with Gasteiger partial charge in [0.25, 0.3) is 0 Å². The van der Waals surface area contributed by atoms with Crippen molar-refractivity contribution >= 4 is 28.5 Å². The Bertz CT molecular complexity index is 890. The van der Waals surface area contributed by atoms with Crippen molar-refractivity contribution < 1.29 is 14.7 Å². The Morgan fingerprint density at radius 3 is 2.70 bits per heavy atom. The highest BCUT2D eigenvalue weighted by Gasteiger charge is 2.12. The van der Waals surface area contributed by atoms with E-state index in [-0.39, 0.29) is 17.9 Å². The quantitative estimate of drug-likeness (QED) is 0.776. The maximum absolute atomic E-state index is 12.2. The van der Waals surface area contributed by atoms with Gasteiger partial charge in [0, 0.05) is 17.3 Å². The van der Waals surface area contributed by atoms with Gasteiger partial charge in [0.1, 0.15) is 0 Å². The van der Waals surface area contributed by atoms with Gasteiger partial charge in [-0.25, -0.2) is 4.79 Å². The van der Waals surface area contributed by atoms with Crippen molar-refractivity contribution in [1.82, 2.24) is 4.98 Å². The molecule has 5 heteroatoms. The first-order valence-corrected chi connectivity index (χ1v) is 7.09. The Hall–Kier alpha value is -3.21. The molecule has 0 saturated heterocycles. The largest absolute Gasteiger partial charge is 0.478 e. The van der Waals surface area contributed by atoms with E-state index in [1.807, 2.05) is 18.2 Å². The van der Waals surface area contributed by atoms with Gasteiger partial charge in [-0.05, 0) is 29.8 Å². The standard InChI is InChI=1S/C18H14N2O3/c21-17(10-13-4-1-2-6-15(13)18(22)23)20-14-8-7-12-5-3-9-19-16(12)11-14/h1-9,11H,10H2,(H,20,21)(H,22,23). The number of aromatic nitrogens is 1. The van der Waals surface area contributed by atoms with E-state index >= 15 is 0 Å². The maximum Gasteiger partial charge on any atom is 0.335 e. The van der Waals surface area contributed by atoms with Crippen molar-refractivity contribution in [2.45, 2.75) is 6.42 Å². The molecular formula is C18H14N2O3. The predicted octanol–water partition coefficient (Wildman–Crippen LogP) is 3.11. The van der Waals surface area contributed by atoms with Crippen LogP contribution in [-0.2, 0) is 11.2 Å². The van der Waals surface area contributed by atoms with Crippen molar-refractivity contribution in [1.29, 1.82) is 0 Å². The molecule has 23 heavy (non-hydrogen) atoms. The third kappa shape index (κ3) is 3.35. The van der Waals surface area contributed by atoms with Crippen LogP contribution in [0.15, 0.2) is 60.8 Å². The molecule has 114 valence electrons. The van der Waals surface area contributed by atoms with Crippen molar-refractivity contribution in [3.8, 4) is 0 Å². The Morgan fingerprint density at radius 1 is 1.04 bits per heavy atom. The van der Waals surface area contributed by atoms with Crippen LogP contribution in [-0.4, -0.2) is 22.0 Å². The van der Waals surface area contributed by atoms with Crippen LogP contribution in [0.25, 0.3) is 10.9 Å². The second-order valence-electron chi connectivity index (χ2n) is 5.10. The van der Waals surface area contributed by atoms with E-state index in [4.69, 9.17) is 5.11 Å². The number of nitrogens with one attached hydrogen (secondary N) is 1. The summed E-state index contributed by atoms with van der Waals surface area (Å²) < 4.78 is 0. The zero-order valence-corrected chi connectivity index (χ0v) is 12.2. The summed E-state index contributed by atoms with van der Waals surface area (Å²) in [6.45, 7) is 0. The highest BCUT2D eigenvalue weighted by molar-refractivity contribution is 5.97. The number of carbonyl (C=O) groups excluding carboxylic acids is 1. The minimum absolute atomic E-state index is 0.00271. The molecule has 0 radical (unpaired) electrons. The number of rotatable bonds is 4. The molecule has 0 spiro atoms. The van der Waals surface area contributed by atoms with Gasteiger partial charge in [0.15, 0.2) is 0 Å². The summed E-state index contributed by atoms with van der Waals surface area (Å²) in [5.74, 6) is -1.31. The van der Waals surface area contributed by atoms with E-state index < -0.39 is 5.97 Å². The van der Waals surface area contributed by atoms with Crippen LogP contribution < -0.4 is 5.32 Å². The molecule has 5 nitrogen and oxygen atoms in total. The lowest BCUT2D eigenvalue weighted by Crippen LogP contribution is -2.16. The lowest BCUT2D eigenvalue weighted by Gasteiger charge is -2.08. The van der Waals surface area contributed by atoms with Gasteiger partial charge >= 0.3 is 5.97 Å². The first kappa shape index (κ1) is 14.7. The number of nitrogens with zero attached hydrogens (tertiary/aromatic N) is 1. The minimum Gasteiger partial charge on any atom is -0.478 e. The molecule has 3 aromatic rings. The van der Waals surface area contributed by atoms with Gasteiger partial charge < -0.3 is 10.4 Å². The molecule has 2 aromatic carbocycles. The van der Waals surface area contributed by atoms with E-state index in [1.54, 1.807) is 36.5 Å². The minimum atomic E-state index is -1.04. The molecule has 0 aliphatic rings. The summed E-state index contributed by atoms with van der Waals surface area (Å²) in [5, 5.41) is 12.9. The van der Waals surface area contributed by atoms with Crippen LogP contribution >= 0.6 is 0 Å².